The molecule has 0 amide bonds. The van der Waals surface area contributed by atoms with Crippen molar-refractivity contribution in [3.8, 4) is 0 Å². The minimum atomic E-state index is -2.73. The second-order valence-electron chi connectivity index (χ2n) is 6.44. The molecule has 1 aromatic carbocycles. The van der Waals surface area contributed by atoms with Crippen LogP contribution in [-0.2, 0) is 6.54 Å². The number of rotatable bonds is 5. The number of nitrogens with one attached hydrogen (secondary N) is 1. The van der Waals surface area contributed by atoms with Crippen molar-refractivity contribution in [2.45, 2.75) is 25.8 Å². The summed E-state index contributed by atoms with van der Waals surface area (Å²) in [6.45, 7) is 2.71. The van der Waals surface area contributed by atoms with Crippen molar-refractivity contribution in [3.63, 3.8) is 0 Å². The Hall–Kier alpha value is -2.55. The summed E-state index contributed by atoms with van der Waals surface area (Å²) < 4.78 is 29.0. The maximum atomic E-state index is 13.7. The number of anilines is 2. The van der Waals surface area contributed by atoms with Gasteiger partial charge < -0.3 is 10.2 Å². The lowest BCUT2D eigenvalue weighted by atomic mass is 10.2. The molecule has 0 atom stereocenters. The molecule has 2 aromatic heterocycles. The largest absolute Gasteiger partial charge is 0.354 e. The highest BCUT2D eigenvalue weighted by Gasteiger charge is 2.40. The molecule has 10 heteroatoms. The predicted molar refractivity (Wildman–Crippen MR) is 99.6 cm³/mol. The minimum absolute atomic E-state index is 0.206. The summed E-state index contributed by atoms with van der Waals surface area (Å²) in [5.41, 5.74) is 1.75. The summed E-state index contributed by atoms with van der Waals surface area (Å²) in [7, 11) is 0. The third-order valence-electron chi connectivity index (χ3n) is 4.43. The summed E-state index contributed by atoms with van der Waals surface area (Å²) in [5.74, 6) is -2.00. The minimum Gasteiger partial charge on any atom is -0.354 e. The zero-order valence-electron chi connectivity index (χ0n) is 14.7. The molecule has 3 heterocycles. The van der Waals surface area contributed by atoms with Gasteiger partial charge in [-0.05, 0) is 18.6 Å². The van der Waals surface area contributed by atoms with E-state index in [1.807, 2.05) is 25.1 Å². The van der Waals surface area contributed by atoms with Crippen LogP contribution in [0.3, 0.4) is 0 Å². The first kappa shape index (κ1) is 17.8. The Kier molecular flexibility index (Phi) is 4.55. The van der Waals surface area contributed by atoms with Crippen molar-refractivity contribution in [2.75, 3.05) is 29.9 Å². The number of alkyl halides is 2. The van der Waals surface area contributed by atoms with E-state index in [2.05, 4.69) is 25.6 Å². The lowest BCUT2D eigenvalue weighted by Gasteiger charge is -2.18. The zero-order valence-corrected chi connectivity index (χ0v) is 15.4. The van der Waals surface area contributed by atoms with Gasteiger partial charge >= 0.3 is 0 Å². The van der Waals surface area contributed by atoms with Crippen molar-refractivity contribution in [1.29, 1.82) is 0 Å². The van der Waals surface area contributed by atoms with Gasteiger partial charge in [-0.15, -0.1) is 5.10 Å². The quantitative estimate of drug-likeness (QED) is 0.717. The number of hydrogen-bond donors (Lipinski definition) is 1. The Labute approximate surface area is 159 Å². The Bertz CT molecular complexity index is 975. The fourth-order valence-electron chi connectivity index (χ4n) is 3.11. The fraction of sp³-hybridized carbons (Fsp3) is 0.412. The average molecular weight is 394 g/mol. The van der Waals surface area contributed by atoms with E-state index in [1.165, 1.54) is 0 Å². The Balaban J connectivity index is 1.78. The van der Waals surface area contributed by atoms with E-state index in [1.54, 1.807) is 15.6 Å². The van der Waals surface area contributed by atoms with Gasteiger partial charge in [-0.25, -0.2) is 13.5 Å². The molecule has 142 valence electrons. The number of hydrogen-bond acceptors (Lipinski definition) is 6. The van der Waals surface area contributed by atoms with Crippen molar-refractivity contribution in [2.24, 2.45) is 0 Å². The molecule has 0 radical (unpaired) electrons. The van der Waals surface area contributed by atoms with E-state index in [-0.39, 0.29) is 19.5 Å². The van der Waals surface area contributed by atoms with E-state index >= 15 is 0 Å². The molecule has 0 unspecified atom stereocenters. The van der Waals surface area contributed by atoms with Crippen LogP contribution in [0.2, 0.25) is 5.02 Å². The number of nitrogens with zero attached hydrogens (tertiary/aromatic N) is 6. The van der Waals surface area contributed by atoms with E-state index in [4.69, 9.17) is 11.6 Å². The molecule has 7 nitrogen and oxygen atoms in total. The van der Waals surface area contributed by atoms with Gasteiger partial charge in [0.2, 0.25) is 5.95 Å². The van der Waals surface area contributed by atoms with E-state index in [0.717, 1.165) is 5.56 Å². The summed E-state index contributed by atoms with van der Waals surface area (Å²) in [5, 5.41) is 12.0. The van der Waals surface area contributed by atoms with Crippen LogP contribution < -0.4 is 10.2 Å². The van der Waals surface area contributed by atoms with Crippen LogP contribution in [0.15, 0.2) is 24.3 Å². The maximum Gasteiger partial charge on any atom is 0.266 e. The topological polar surface area (TPSA) is 71.8 Å². The van der Waals surface area contributed by atoms with Gasteiger partial charge in [-0.3, -0.25) is 0 Å². The molecule has 3 aromatic rings. The van der Waals surface area contributed by atoms with Crippen LogP contribution in [0.5, 0.6) is 0 Å². The lowest BCUT2D eigenvalue weighted by molar-refractivity contribution is 0.0257. The normalized spacial score (nSPS) is 16.2. The van der Waals surface area contributed by atoms with Crippen molar-refractivity contribution in [1.82, 2.24) is 25.0 Å². The molecule has 1 fully saturated rings. The fourth-order valence-corrected chi connectivity index (χ4v) is 3.31. The Morgan fingerprint density at radius 1 is 1.26 bits per heavy atom. The van der Waals surface area contributed by atoms with Crippen molar-refractivity contribution < 1.29 is 8.78 Å². The van der Waals surface area contributed by atoms with Crippen molar-refractivity contribution >= 4 is 34.5 Å². The summed E-state index contributed by atoms with van der Waals surface area (Å²) >= 11 is 6.24. The molecule has 1 aliphatic heterocycles. The Morgan fingerprint density at radius 3 is 2.78 bits per heavy atom. The number of fused-ring (bicyclic) bond motifs is 1. The van der Waals surface area contributed by atoms with Gasteiger partial charge in [0.05, 0.1) is 13.1 Å². The molecular weight excluding hydrogens is 376 g/mol. The van der Waals surface area contributed by atoms with Crippen LogP contribution in [-0.4, -0.2) is 50.5 Å². The molecule has 0 saturated carbocycles. The first-order chi connectivity index (χ1) is 13.0. The summed E-state index contributed by atoms with van der Waals surface area (Å²) in [4.78, 5) is 10.4. The highest BCUT2D eigenvalue weighted by atomic mass is 35.5. The third kappa shape index (κ3) is 3.51. The van der Waals surface area contributed by atoms with Gasteiger partial charge in [0.25, 0.3) is 5.92 Å². The monoisotopic (exact) mass is 393 g/mol. The molecule has 0 spiro atoms. The SMILES string of the molecule is CCNc1nc(N2CCC(F)(F)C2)c2nnn(Cc3ccccc3Cl)c2n1. The van der Waals surface area contributed by atoms with E-state index in [9.17, 15) is 8.78 Å². The first-order valence-corrected chi connectivity index (χ1v) is 9.06. The highest BCUT2D eigenvalue weighted by Crippen LogP contribution is 2.33. The van der Waals surface area contributed by atoms with E-state index < -0.39 is 5.92 Å². The van der Waals surface area contributed by atoms with Crippen LogP contribution in [0.4, 0.5) is 20.5 Å². The van der Waals surface area contributed by atoms with Gasteiger partial charge in [-0.2, -0.15) is 9.97 Å². The first-order valence-electron chi connectivity index (χ1n) is 8.68. The number of aromatic nitrogens is 5. The molecule has 0 bridgehead atoms. The van der Waals surface area contributed by atoms with E-state index in [0.29, 0.717) is 41.0 Å². The van der Waals surface area contributed by atoms with Crippen LogP contribution >= 0.6 is 11.6 Å². The number of benzene rings is 1. The predicted octanol–water partition coefficient (Wildman–Crippen LogP) is 3.20. The standard InChI is InChI=1S/C17H18ClF2N7/c1-2-21-16-22-14(26-8-7-17(19,20)10-26)13-15(23-16)27(25-24-13)9-11-5-3-4-6-12(11)18/h3-6H,2,7-10H2,1H3,(H,21,22,23). The molecule has 0 aliphatic carbocycles. The van der Waals surface area contributed by atoms with Crippen LogP contribution in [0, 0.1) is 0 Å². The molecular formula is C17H18ClF2N7. The lowest BCUT2D eigenvalue weighted by Crippen LogP contribution is -2.26. The molecule has 1 aliphatic rings. The second-order valence-corrected chi connectivity index (χ2v) is 6.85. The van der Waals surface area contributed by atoms with Crippen molar-refractivity contribution in [3.05, 3.63) is 34.9 Å². The average Bonchev–Trinajstić information content (AvgIpc) is 3.20. The molecule has 4 rings (SSSR count). The Morgan fingerprint density at radius 2 is 2.07 bits per heavy atom. The van der Waals surface area contributed by atoms with Gasteiger partial charge in [0.15, 0.2) is 17.0 Å². The molecule has 27 heavy (non-hydrogen) atoms. The van der Waals surface area contributed by atoms with Crippen LogP contribution in [0.25, 0.3) is 11.2 Å². The third-order valence-corrected chi connectivity index (χ3v) is 4.80. The molecule has 1 N–H and O–H groups in total. The zero-order chi connectivity index (χ0) is 19.0. The van der Waals surface area contributed by atoms with Crippen LogP contribution in [0.1, 0.15) is 18.9 Å². The smallest absolute Gasteiger partial charge is 0.266 e. The van der Waals surface area contributed by atoms with Gasteiger partial charge in [0.1, 0.15) is 0 Å². The summed E-state index contributed by atoms with van der Waals surface area (Å²) in [6.07, 6.45) is -0.206. The number of halogens is 3. The maximum absolute atomic E-state index is 13.7. The second kappa shape index (κ2) is 6.88. The van der Waals surface area contributed by atoms with Gasteiger partial charge in [-0.1, -0.05) is 35.0 Å². The molecule has 1 saturated heterocycles. The summed E-state index contributed by atoms with van der Waals surface area (Å²) in [6, 6.07) is 7.43. The van der Waals surface area contributed by atoms with Gasteiger partial charge in [0, 0.05) is 24.5 Å². The highest BCUT2D eigenvalue weighted by molar-refractivity contribution is 6.31.